The highest BCUT2D eigenvalue weighted by Crippen LogP contribution is 2.42. The summed E-state index contributed by atoms with van der Waals surface area (Å²) in [5.74, 6) is -3.10. The molecule has 154 valence electrons. The molecule has 11 heteroatoms. The molecule has 0 saturated carbocycles. The summed E-state index contributed by atoms with van der Waals surface area (Å²) >= 11 is 0. The highest BCUT2D eigenvalue weighted by atomic mass is 32.2. The normalized spacial score (nSPS) is 12.2. The molecule has 1 aromatic heterocycles. The Balaban J connectivity index is 2.25. The lowest BCUT2D eigenvalue weighted by atomic mass is 9.98. The summed E-state index contributed by atoms with van der Waals surface area (Å²) in [7, 11) is -2.50. The van der Waals surface area contributed by atoms with E-state index in [9.17, 15) is 30.4 Å². The maximum atomic E-state index is 14.1. The van der Waals surface area contributed by atoms with Crippen molar-refractivity contribution in [3.8, 4) is 28.1 Å². The number of aromatic nitrogens is 2. The van der Waals surface area contributed by atoms with Gasteiger partial charge in [0.1, 0.15) is 11.4 Å². The van der Waals surface area contributed by atoms with Gasteiger partial charge < -0.3 is 4.74 Å². The predicted molar refractivity (Wildman–Crippen MR) is 94.0 cm³/mol. The fourth-order valence-corrected chi connectivity index (χ4v) is 3.43. The predicted octanol–water partition coefficient (Wildman–Crippen LogP) is 4.45. The molecule has 0 fully saturated rings. The lowest BCUT2D eigenvalue weighted by molar-refractivity contribution is -0.140. The van der Waals surface area contributed by atoms with Gasteiger partial charge in [0.05, 0.1) is 12.0 Å². The second-order valence-electron chi connectivity index (χ2n) is 6.09. The van der Waals surface area contributed by atoms with Gasteiger partial charge in [0.15, 0.2) is 27.2 Å². The highest BCUT2D eigenvalue weighted by molar-refractivity contribution is 7.90. The summed E-state index contributed by atoms with van der Waals surface area (Å²) < 4.78 is 96.3. The van der Waals surface area contributed by atoms with E-state index in [-0.39, 0.29) is 16.2 Å². The van der Waals surface area contributed by atoms with Crippen molar-refractivity contribution >= 4 is 9.84 Å². The lowest BCUT2D eigenvalue weighted by Gasteiger charge is -2.11. The molecule has 29 heavy (non-hydrogen) atoms. The van der Waals surface area contributed by atoms with Gasteiger partial charge in [0, 0.05) is 17.4 Å². The molecule has 5 nitrogen and oxygen atoms in total. The van der Waals surface area contributed by atoms with Crippen LogP contribution in [0.2, 0.25) is 0 Å². The SMILES string of the molecule is COc1c(F)cc(-c2c(-c3ccc(S(C)(=O)=O)cc3)n[nH]c2C(F)(F)F)cc1F. The second-order valence-corrected chi connectivity index (χ2v) is 8.11. The molecule has 0 aliphatic heterocycles. The molecule has 0 spiro atoms. The summed E-state index contributed by atoms with van der Waals surface area (Å²) in [6.45, 7) is 0. The number of rotatable bonds is 4. The maximum Gasteiger partial charge on any atom is 0.433 e. The first-order valence-corrected chi connectivity index (χ1v) is 9.82. The first kappa shape index (κ1) is 20.8. The van der Waals surface area contributed by atoms with Crippen molar-refractivity contribution in [2.24, 2.45) is 0 Å². The van der Waals surface area contributed by atoms with Crippen LogP contribution < -0.4 is 4.74 Å². The quantitative estimate of drug-likeness (QED) is 0.619. The zero-order valence-electron chi connectivity index (χ0n) is 14.9. The molecule has 0 bridgehead atoms. The number of sulfone groups is 1. The third kappa shape index (κ3) is 3.95. The van der Waals surface area contributed by atoms with Crippen molar-refractivity contribution in [2.45, 2.75) is 11.1 Å². The number of benzene rings is 2. The molecule has 3 aromatic rings. The Morgan fingerprint density at radius 2 is 1.55 bits per heavy atom. The fraction of sp³-hybridized carbons (Fsp3) is 0.167. The van der Waals surface area contributed by atoms with Crippen LogP contribution in [0.3, 0.4) is 0 Å². The number of alkyl halides is 3. The second kappa shape index (κ2) is 7.14. The Labute approximate surface area is 162 Å². The fourth-order valence-electron chi connectivity index (χ4n) is 2.80. The molecule has 1 heterocycles. The number of aromatic amines is 1. The van der Waals surface area contributed by atoms with E-state index in [4.69, 9.17) is 0 Å². The maximum absolute atomic E-state index is 14.1. The summed E-state index contributed by atoms with van der Waals surface area (Å²) in [5.41, 5.74) is -2.42. The molecule has 0 amide bonds. The molecule has 0 saturated heterocycles. The smallest absolute Gasteiger partial charge is 0.433 e. The van der Waals surface area contributed by atoms with E-state index >= 15 is 0 Å². The topological polar surface area (TPSA) is 72.1 Å². The number of ether oxygens (including phenoxy) is 1. The minimum atomic E-state index is -4.89. The summed E-state index contributed by atoms with van der Waals surface area (Å²) in [6.07, 6.45) is -3.91. The zero-order chi connectivity index (χ0) is 21.6. The molecular weight excluding hydrogens is 419 g/mol. The number of halogens is 5. The van der Waals surface area contributed by atoms with E-state index in [1.807, 2.05) is 5.10 Å². The largest absolute Gasteiger partial charge is 0.491 e. The van der Waals surface area contributed by atoms with Crippen molar-refractivity contribution in [3.63, 3.8) is 0 Å². The van der Waals surface area contributed by atoms with Gasteiger partial charge in [-0.1, -0.05) is 12.1 Å². The van der Waals surface area contributed by atoms with Crippen LogP contribution in [-0.2, 0) is 16.0 Å². The molecule has 0 aliphatic rings. The third-order valence-electron chi connectivity index (χ3n) is 4.10. The van der Waals surface area contributed by atoms with E-state index in [0.29, 0.717) is 12.1 Å². The monoisotopic (exact) mass is 432 g/mol. The molecule has 0 unspecified atom stereocenters. The Morgan fingerprint density at radius 3 is 2.00 bits per heavy atom. The number of hydrogen-bond acceptors (Lipinski definition) is 4. The van der Waals surface area contributed by atoms with Gasteiger partial charge in [-0.15, -0.1) is 0 Å². The average Bonchev–Trinajstić information content (AvgIpc) is 3.06. The molecule has 0 aliphatic carbocycles. The number of nitrogens with one attached hydrogen (secondary N) is 1. The van der Waals surface area contributed by atoms with Crippen LogP contribution >= 0.6 is 0 Å². The van der Waals surface area contributed by atoms with E-state index in [2.05, 4.69) is 9.84 Å². The van der Waals surface area contributed by atoms with Crippen LogP contribution in [0.1, 0.15) is 5.69 Å². The number of H-pyrrole nitrogens is 1. The first-order chi connectivity index (χ1) is 13.4. The number of methoxy groups -OCH3 is 1. The van der Waals surface area contributed by atoms with Crippen LogP contribution in [-0.4, -0.2) is 32.0 Å². The zero-order valence-corrected chi connectivity index (χ0v) is 15.8. The van der Waals surface area contributed by atoms with E-state index in [0.717, 1.165) is 13.4 Å². The van der Waals surface area contributed by atoms with Crippen LogP contribution in [0.5, 0.6) is 5.75 Å². The highest BCUT2D eigenvalue weighted by Gasteiger charge is 2.38. The van der Waals surface area contributed by atoms with Gasteiger partial charge >= 0.3 is 6.18 Å². The van der Waals surface area contributed by atoms with Gasteiger partial charge in [-0.05, 0) is 29.8 Å². The van der Waals surface area contributed by atoms with Crippen molar-refractivity contribution in [2.75, 3.05) is 13.4 Å². The van der Waals surface area contributed by atoms with Gasteiger partial charge in [-0.3, -0.25) is 5.10 Å². The van der Waals surface area contributed by atoms with Crippen LogP contribution in [0.25, 0.3) is 22.4 Å². The Kier molecular flexibility index (Phi) is 5.11. The summed E-state index contributed by atoms with van der Waals surface area (Å²) in [4.78, 5) is -0.0454. The third-order valence-corrected chi connectivity index (χ3v) is 5.23. The summed E-state index contributed by atoms with van der Waals surface area (Å²) in [5, 5.41) is 5.51. The molecular formula is C18H13F5N2O3S. The molecule has 0 radical (unpaired) electrons. The van der Waals surface area contributed by atoms with Crippen LogP contribution in [0, 0.1) is 11.6 Å². The number of nitrogens with zero attached hydrogens (tertiary/aromatic N) is 1. The van der Waals surface area contributed by atoms with E-state index < -0.39 is 50.2 Å². The van der Waals surface area contributed by atoms with Crippen molar-refractivity contribution in [1.82, 2.24) is 10.2 Å². The first-order valence-electron chi connectivity index (χ1n) is 7.93. The lowest BCUT2D eigenvalue weighted by Crippen LogP contribution is -2.07. The molecule has 2 aromatic carbocycles. The Morgan fingerprint density at radius 1 is 1.00 bits per heavy atom. The van der Waals surface area contributed by atoms with Crippen molar-refractivity contribution < 1.29 is 35.1 Å². The summed E-state index contributed by atoms with van der Waals surface area (Å²) in [6, 6.07) is 6.32. The molecule has 1 N–H and O–H groups in total. The van der Waals surface area contributed by atoms with Gasteiger partial charge in [0.2, 0.25) is 0 Å². The Bertz CT molecular complexity index is 1150. The number of hydrogen-bond donors (Lipinski definition) is 1. The molecule has 3 rings (SSSR count). The standard InChI is InChI=1S/C18H13F5N2O3S/c1-28-16-12(19)7-10(8-13(16)20)14-15(24-25-17(14)18(21,22)23)9-3-5-11(6-4-9)29(2,26)27/h3-8H,1-2H3,(H,24,25). The van der Waals surface area contributed by atoms with E-state index in [1.54, 1.807) is 0 Å². The van der Waals surface area contributed by atoms with Crippen LogP contribution in [0.15, 0.2) is 41.3 Å². The van der Waals surface area contributed by atoms with Gasteiger partial charge in [-0.2, -0.15) is 18.3 Å². The van der Waals surface area contributed by atoms with Crippen molar-refractivity contribution in [1.29, 1.82) is 0 Å². The minimum absolute atomic E-state index is 0.0454. The Hall–Kier alpha value is -2.95. The van der Waals surface area contributed by atoms with Crippen molar-refractivity contribution in [3.05, 3.63) is 53.7 Å². The minimum Gasteiger partial charge on any atom is -0.491 e. The van der Waals surface area contributed by atoms with E-state index in [1.165, 1.54) is 24.3 Å². The average molecular weight is 432 g/mol. The van der Waals surface area contributed by atoms with Gasteiger partial charge in [0.25, 0.3) is 0 Å². The molecule has 0 atom stereocenters. The van der Waals surface area contributed by atoms with Crippen LogP contribution in [0.4, 0.5) is 22.0 Å². The van der Waals surface area contributed by atoms with Gasteiger partial charge in [-0.25, -0.2) is 17.2 Å².